The van der Waals surface area contributed by atoms with Crippen molar-refractivity contribution in [1.29, 1.82) is 0 Å². The van der Waals surface area contributed by atoms with Crippen molar-refractivity contribution in [2.45, 2.75) is 13.8 Å². The van der Waals surface area contributed by atoms with Gasteiger partial charge < -0.3 is 15.2 Å². The summed E-state index contributed by atoms with van der Waals surface area (Å²) in [6.45, 7) is 4.26. The quantitative estimate of drug-likeness (QED) is 0.354. The average molecular weight is 407 g/mol. The van der Waals surface area contributed by atoms with E-state index >= 15 is 0 Å². The number of amides is 2. The number of nitrogens with two attached hydrogens (primary N) is 1. The number of carbonyl (C=O) groups excluding carboxylic acids is 2. The number of para-hydroxylation sites is 1. The van der Waals surface area contributed by atoms with Gasteiger partial charge in [0.1, 0.15) is 11.5 Å². The predicted molar refractivity (Wildman–Crippen MR) is 111 cm³/mol. The van der Waals surface area contributed by atoms with Crippen LogP contribution < -0.4 is 20.6 Å². The molecule has 0 aliphatic heterocycles. The number of nitrogens with zero attached hydrogens (tertiary/aromatic N) is 3. The lowest BCUT2D eigenvalue weighted by Gasteiger charge is -2.11. The third-order valence-corrected chi connectivity index (χ3v) is 4.00. The first kappa shape index (κ1) is 20.6. The minimum atomic E-state index is -1.13. The molecule has 3 aromatic rings. The molecule has 0 aliphatic carbocycles. The maximum absolute atomic E-state index is 11.3. The van der Waals surface area contributed by atoms with E-state index in [0.717, 1.165) is 11.4 Å². The summed E-state index contributed by atoms with van der Waals surface area (Å²) in [7, 11) is 0. The summed E-state index contributed by atoms with van der Waals surface area (Å²) in [6.07, 6.45) is 1.35. The molecule has 9 heteroatoms. The number of nitrogens with one attached hydrogen (secondary N) is 1. The fourth-order valence-corrected chi connectivity index (χ4v) is 2.60. The van der Waals surface area contributed by atoms with Crippen LogP contribution in [0.1, 0.15) is 18.2 Å². The van der Waals surface area contributed by atoms with Gasteiger partial charge in [-0.2, -0.15) is 14.9 Å². The van der Waals surface area contributed by atoms with Gasteiger partial charge in [-0.05, 0) is 50.2 Å². The number of hydrazone groups is 1. The zero-order chi connectivity index (χ0) is 21.5. The van der Waals surface area contributed by atoms with Crippen LogP contribution in [0.25, 0.3) is 5.69 Å². The molecule has 1 aromatic heterocycles. The van der Waals surface area contributed by atoms with Crippen LogP contribution in [0, 0.1) is 6.92 Å². The summed E-state index contributed by atoms with van der Waals surface area (Å²) < 4.78 is 13.2. The standard InChI is InChI=1S/C21H21N5O4/c1-3-29-16-9-11-17(12-10-16)30-21-18(13-23-24-20(28)19(22)27)14(2)25-26(21)15-7-5-4-6-8-15/h4-13H,3H2,1-2H3,(H2,22,27)(H,24,28)/b23-13-. The van der Waals surface area contributed by atoms with E-state index in [1.807, 2.05) is 37.3 Å². The Bertz CT molecular complexity index is 1060. The molecular formula is C21H21N5O4. The van der Waals surface area contributed by atoms with Gasteiger partial charge in [0, 0.05) is 0 Å². The van der Waals surface area contributed by atoms with Crippen molar-refractivity contribution in [2.24, 2.45) is 10.8 Å². The number of aromatic nitrogens is 2. The molecule has 1 heterocycles. The van der Waals surface area contributed by atoms with Gasteiger partial charge in [-0.25, -0.2) is 5.43 Å². The van der Waals surface area contributed by atoms with Gasteiger partial charge >= 0.3 is 11.8 Å². The smallest absolute Gasteiger partial charge is 0.329 e. The van der Waals surface area contributed by atoms with E-state index < -0.39 is 11.8 Å². The normalized spacial score (nSPS) is 10.7. The van der Waals surface area contributed by atoms with Gasteiger partial charge in [0.25, 0.3) is 0 Å². The maximum Gasteiger partial charge on any atom is 0.329 e. The van der Waals surface area contributed by atoms with Crippen molar-refractivity contribution in [1.82, 2.24) is 15.2 Å². The molecule has 0 radical (unpaired) electrons. The molecule has 2 aromatic carbocycles. The van der Waals surface area contributed by atoms with Gasteiger partial charge in [-0.15, -0.1) is 0 Å². The molecule has 3 rings (SSSR count). The largest absolute Gasteiger partial charge is 0.494 e. The topological polar surface area (TPSA) is 121 Å². The fourth-order valence-electron chi connectivity index (χ4n) is 2.60. The first-order valence-electron chi connectivity index (χ1n) is 9.18. The van der Waals surface area contributed by atoms with Crippen molar-refractivity contribution in [2.75, 3.05) is 6.61 Å². The third-order valence-electron chi connectivity index (χ3n) is 4.00. The number of hydrogen-bond acceptors (Lipinski definition) is 6. The minimum absolute atomic E-state index is 0.389. The van der Waals surface area contributed by atoms with E-state index in [9.17, 15) is 9.59 Å². The molecule has 0 bridgehead atoms. The van der Waals surface area contributed by atoms with Crippen molar-refractivity contribution >= 4 is 18.0 Å². The van der Waals surface area contributed by atoms with Crippen LogP contribution in [0.2, 0.25) is 0 Å². The molecular weight excluding hydrogens is 386 g/mol. The van der Waals surface area contributed by atoms with Gasteiger partial charge in [0.05, 0.1) is 29.8 Å². The molecule has 9 nitrogen and oxygen atoms in total. The Balaban J connectivity index is 1.97. The fraction of sp³-hybridized carbons (Fsp3) is 0.143. The van der Waals surface area contributed by atoms with E-state index in [0.29, 0.717) is 29.5 Å². The average Bonchev–Trinajstić information content (AvgIpc) is 3.05. The van der Waals surface area contributed by atoms with Crippen molar-refractivity contribution in [3.8, 4) is 23.1 Å². The van der Waals surface area contributed by atoms with E-state index in [2.05, 4.69) is 15.6 Å². The molecule has 0 unspecified atom stereocenters. The molecule has 0 fully saturated rings. The second-order valence-corrected chi connectivity index (χ2v) is 6.12. The van der Waals surface area contributed by atoms with Crippen LogP contribution in [-0.4, -0.2) is 34.4 Å². The number of aryl methyl sites for hydroxylation is 1. The van der Waals surface area contributed by atoms with Crippen molar-refractivity contribution < 1.29 is 19.1 Å². The maximum atomic E-state index is 11.3. The Morgan fingerprint density at radius 3 is 2.43 bits per heavy atom. The molecule has 0 atom stereocenters. The third kappa shape index (κ3) is 4.82. The molecule has 3 N–H and O–H groups in total. The Hall–Kier alpha value is -4.14. The van der Waals surface area contributed by atoms with Gasteiger partial charge in [-0.3, -0.25) is 9.59 Å². The Morgan fingerprint density at radius 1 is 1.13 bits per heavy atom. The summed E-state index contributed by atoms with van der Waals surface area (Å²) in [5, 5.41) is 8.32. The summed E-state index contributed by atoms with van der Waals surface area (Å²) in [4.78, 5) is 22.2. The monoisotopic (exact) mass is 407 g/mol. The van der Waals surface area contributed by atoms with Gasteiger partial charge in [0.2, 0.25) is 5.88 Å². The van der Waals surface area contributed by atoms with Crippen molar-refractivity contribution in [3.05, 3.63) is 65.9 Å². The number of rotatable bonds is 7. The highest BCUT2D eigenvalue weighted by atomic mass is 16.5. The summed E-state index contributed by atoms with van der Waals surface area (Å²) in [6, 6.07) is 16.6. The second-order valence-electron chi connectivity index (χ2n) is 6.12. The Kier molecular flexibility index (Phi) is 6.43. The van der Waals surface area contributed by atoms with Crippen LogP contribution in [0.3, 0.4) is 0 Å². The van der Waals surface area contributed by atoms with Crippen LogP contribution >= 0.6 is 0 Å². The number of carbonyl (C=O) groups is 2. The summed E-state index contributed by atoms with van der Waals surface area (Å²) >= 11 is 0. The highest BCUT2D eigenvalue weighted by Gasteiger charge is 2.18. The van der Waals surface area contributed by atoms with Gasteiger partial charge in [-0.1, -0.05) is 18.2 Å². The first-order valence-corrected chi connectivity index (χ1v) is 9.18. The SMILES string of the molecule is CCOc1ccc(Oc2c(/C=N\NC(=O)C(N)=O)c(C)nn2-c2ccccc2)cc1. The lowest BCUT2D eigenvalue weighted by atomic mass is 10.2. The van der Waals surface area contributed by atoms with E-state index in [4.69, 9.17) is 15.2 Å². The van der Waals surface area contributed by atoms with E-state index in [1.54, 1.807) is 35.9 Å². The van der Waals surface area contributed by atoms with Crippen LogP contribution in [0.15, 0.2) is 59.7 Å². The molecule has 2 amide bonds. The predicted octanol–water partition coefficient (Wildman–Crippen LogP) is 2.31. The van der Waals surface area contributed by atoms with Crippen LogP contribution in [0.4, 0.5) is 0 Å². The molecule has 0 spiro atoms. The highest BCUT2D eigenvalue weighted by Crippen LogP contribution is 2.30. The van der Waals surface area contributed by atoms with E-state index in [1.165, 1.54) is 6.21 Å². The first-order chi connectivity index (χ1) is 14.5. The molecule has 30 heavy (non-hydrogen) atoms. The Labute approximate surface area is 173 Å². The number of benzene rings is 2. The van der Waals surface area contributed by atoms with Crippen LogP contribution in [0.5, 0.6) is 17.4 Å². The molecule has 154 valence electrons. The number of primary amides is 1. The lowest BCUT2D eigenvalue weighted by Crippen LogP contribution is -2.32. The highest BCUT2D eigenvalue weighted by molar-refractivity contribution is 6.34. The molecule has 0 aliphatic rings. The van der Waals surface area contributed by atoms with E-state index in [-0.39, 0.29) is 0 Å². The minimum Gasteiger partial charge on any atom is -0.494 e. The zero-order valence-corrected chi connectivity index (χ0v) is 16.5. The second kappa shape index (κ2) is 9.37. The number of hydrogen-bond donors (Lipinski definition) is 2. The summed E-state index contributed by atoms with van der Waals surface area (Å²) in [5.74, 6) is -0.470. The molecule has 0 saturated heterocycles. The number of ether oxygens (including phenoxy) is 2. The Morgan fingerprint density at radius 2 is 1.80 bits per heavy atom. The van der Waals surface area contributed by atoms with Crippen molar-refractivity contribution in [3.63, 3.8) is 0 Å². The van der Waals surface area contributed by atoms with Crippen LogP contribution in [-0.2, 0) is 9.59 Å². The summed E-state index contributed by atoms with van der Waals surface area (Å²) in [5.41, 5.74) is 8.89. The van der Waals surface area contributed by atoms with Gasteiger partial charge in [0.15, 0.2) is 0 Å². The lowest BCUT2D eigenvalue weighted by molar-refractivity contribution is -0.137. The molecule has 0 saturated carbocycles. The zero-order valence-electron chi connectivity index (χ0n) is 16.5.